The first-order valence-corrected chi connectivity index (χ1v) is 7.28. The first-order valence-electron chi connectivity index (χ1n) is 6.49. The van der Waals surface area contributed by atoms with Crippen LogP contribution in [-0.4, -0.2) is 5.11 Å². The van der Waals surface area contributed by atoms with Crippen molar-refractivity contribution in [1.29, 1.82) is 0 Å². The molecule has 0 saturated heterocycles. The third-order valence-corrected chi connectivity index (χ3v) is 4.70. The van der Waals surface area contributed by atoms with Gasteiger partial charge in [0.05, 0.1) is 6.04 Å². The van der Waals surface area contributed by atoms with E-state index in [1.165, 1.54) is 11.1 Å². The number of fused-ring (bicyclic) bond motifs is 1. The summed E-state index contributed by atoms with van der Waals surface area (Å²) in [6.45, 7) is 2.10. The fourth-order valence-corrected chi connectivity index (χ4v) is 3.10. The molecule has 2 nitrogen and oxygen atoms in total. The van der Waals surface area contributed by atoms with E-state index in [0.717, 1.165) is 28.6 Å². The number of phenolic OH excluding ortho intramolecular Hbond substituents is 1. The van der Waals surface area contributed by atoms with Gasteiger partial charge >= 0.3 is 0 Å². The third-order valence-electron chi connectivity index (χ3n) is 3.84. The third kappa shape index (κ3) is 2.23. The maximum atomic E-state index is 9.88. The SMILES string of the molecule is Cc1c(Br)cccc1NC1CCc2c(O)cccc21. The second-order valence-corrected chi connectivity index (χ2v) is 5.85. The van der Waals surface area contributed by atoms with Crippen molar-refractivity contribution in [2.75, 3.05) is 5.32 Å². The van der Waals surface area contributed by atoms with Gasteiger partial charge in [-0.25, -0.2) is 0 Å². The molecule has 0 radical (unpaired) electrons. The van der Waals surface area contributed by atoms with E-state index in [-0.39, 0.29) is 6.04 Å². The first-order chi connectivity index (χ1) is 9.16. The van der Waals surface area contributed by atoms with Crippen molar-refractivity contribution >= 4 is 21.6 Å². The fraction of sp³-hybridized carbons (Fsp3) is 0.250. The van der Waals surface area contributed by atoms with E-state index in [2.05, 4.69) is 46.4 Å². The van der Waals surface area contributed by atoms with Crippen LogP contribution in [0.2, 0.25) is 0 Å². The normalized spacial score (nSPS) is 17.3. The molecule has 98 valence electrons. The number of rotatable bonds is 2. The highest BCUT2D eigenvalue weighted by molar-refractivity contribution is 9.10. The molecule has 2 aromatic rings. The van der Waals surface area contributed by atoms with Gasteiger partial charge in [-0.05, 0) is 54.7 Å². The Balaban J connectivity index is 1.91. The number of benzene rings is 2. The molecule has 2 aromatic carbocycles. The molecule has 2 N–H and O–H groups in total. The summed E-state index contributed by atoms with van der Waals surface area (Å²) in [5, 5.41) is 13.5. The maximum Gasteiger partial charge on any atom is 0.119 e. The quantitative estimate of drug-likeness (QED) is 0.850. The van der Waals surface area contributed by atoms with Crippen molar-refractivity contribution in [3.63, 3.8) is 0 Å². The van der Waals surface area contributed by atoms with E-state index in [1.807, 2.05) is 12.1 Å². The average molecular weight is 318 g/mol. The van der Waals surface area contributed by atoms with Crippen LogP contribution in [0.4, 0.5) is 5.69 Å². The number of halogens is 1. The topological polar surface area (TPSA) is 32.3 Å². The van der Waals surface area contributed by atoms with Gasteiger partial charge in [0.15, 0.2) is 0 Å². The summed E-state index contributed by atoms with van der Waals surface area (Å²) in [5.41, 5.74) is 4.68. The van der Waals surface area contributed by atoms with Crippen molar-refractivity contribution in [2.24, 2.45) is 0 Å². The van der Waals surface area contributed by atoms with Crippen molar-refractivity contribution in [2.45, 2.75) is 25.8 Å². The Morgan fingerprint density at radius 3 is 2.84 bits per heavy atom. The molecule has 19 heavy (non-hydrogen) atoms. The molecule has 0 bridgehead atoms. The van der Waals surface area contributed by atoms with Crippen molar-refractivity contribution < 1.29 is 5.11 Å². The van der Waals surface area contributed by atoms with Gasteiger partial charge in [-0.1, -0.05) is 34.1 Å². The highest BCUT2D eigenvalue weighted by Gasteiger charge is 2.24. The van der Waals surface area contributed by atoms with Gasteiger partial charge in [0.1, 0.15) is 5.75 Å². The van der Waals surface area contributed by atoms with Crippen LogP contribution in [-0.2, 0) is 6.42 Å². The summed E-state index contributed by atoms with van der Waals surface area (Å²) < 4.78 is 1.12. The van der Waals surface area contributed by atoms with E-state index in [0.29, 0.717) is 5.75 Å². The number of nitrogens with one attached hydrogen (secondary N) is 1. The van der Waals surface area contributed by atoms with Gasteiger partial charge in [0.25, 0.3) is 0 Å². The lowest BCUT2D eigenvalue weighted by Crippen LogP contribution is -2.08. The molecule has 0 fully saturated rings. The Morgan fingerprint density at radius 2 is 2.00 bits per heavy atom. The molecule has 1 atom stereocenters. The number of hydrogen-bond donors (Lipinski definition) is 2. The monoisotopic (exact) mass is 317 g/mol. The van der Waals surface area contributed by atoms with E-state index in [1.54, 1.807) is 6.07 Å². The first kappa shape index (κ1) is 12.5. The van der Waals surface area contributed by atoms with Gasteiger partial charge in [-0.15, -0.1) is 0 Å². The van der Waals surface area contributed by atoms with Crippen molar-refractivity contribution in [1.82, 2.24) is 0 Å². The molecule has 3 heteroatoms. The highest BCUT2D eigenvalue weighted by Crippen LogP contribution is 2.39. The molecule has 0 aliphatic heterocycles. The van der Waals surface area contributed by atoms with Crippen LogP contribution in [0.25, 0.3) is 0 Å². The Morgan fingerprint density at radius 1 is 1.21 bits per heavy atom. The van der Waals surface area contributed by atoms with Crippen LogP contribution in [0.15, 0.2) is 40.9 Å². The lowest BCUT2D eigenvalue weighted by atomic mass is 10.1. The van der Waals surface area contributed by atoms with E-state index < -0.39 is 0 Å². The van der Waals surface area contributed by atoms with Gasteiger partial charge < -0.3 is 10.4 Å². The number of hydrogen-bond acceptors (Lipinski definition) is 2. The number of aromatic hydroxyl groups is 1. The molecular formula is C16H16BrNO. The lowest BCUT2D eigenvalue weighted by Gasteiger charge is -2.18. The molecular weight excluding hydrogens is 302 g/mol. The number of phenols is 1. The molecule has 1 aliphatic rings. The number of anilines is 1. The smallest absolute Gasteiger partial charge is 0.119 e. The molecule has 1 aliphatic carbocycles. The predicted molar refractivity (Wildman–Crippen MR) is 81.7 cm³/mol. The van der Waals surface area contributed by atoms with Crippen molar-refractivity contribution in [3.05, 3.63) is 57.6 Å². The minimum Gasteiger partial charge on any atom is -0.508 e. The van der Waals surface area contributed by atoms with Crippen LogP contribution >= 0.6 is 15.9 Å². The summed E-state index contributed by atoms with van der Waals surface area (Å²) in [6, 6.07) is 12.3. The maximum absolute atomic E-state index is 9.88. The van der Waals surface area contributed by atoms with Crippen LogP contribution in [0, 0.1) is 6.92 Å². The zero-order valence-corrected chi connectivity index (χ0v) is 12.4. The molecule has 3 rings (SSSR count). The van der Waals surface area contributed by atoms with Gasteiger partial charge in [-0.2, -0.15) is 0 Å². The summed E-state index contributed by atoms with van der Waals surface area (Å²) >= 11 is 3.56. The summed E-state index contributed by atoms with van der Waals surface area (Å²) in [6.07, 6.45) is 1.96. The molecule has 0 spiro atoms. The standard InChI is InChI=1S/C16H16BrNO/c1-10-13(17)5-3-6-14(10)18-15-9-8-12-11(15)4-2-7-16(12)19/h2-7,15,18-19H,8-9H2,1H3. The molecule has 0 heterocycles. The second kappa shape index (κ2) is 4.89. The van der Waals surface area contributed by atoms with E-state index in [9.17, 15) is 5.11 Å². The van der Waals surface area contributed by atoms with Crippen LogP contribution in [0.1, 0.15) is 29.2 Å². The Kier molecular flexibility index (Phi) is 3.23. The highest BCUT2D eigenvalue weighted by atomic mass is 79.9. The molecule has 0 aromatic heterocycles. The Labute approximate surface area is 121 Å². The van der Waals surface area contributed by atoms with E-state index in [4.69, 9.17) is 0 Å². The van der Waals surface area contributed by atoms with Crippen LogP contribution in [0.3, 0.4) is 0 Å². The van der Waals surface area contributed by atoms with Gasteiger partial charge in [0.2, 0.25) is 0 Å². The average Bonchev–Trinajstić information content (AvgIpc) is 2.80. The van der Waals surface area contributed by atoms with Gasteiger partial charge in [-0.3, -0.25) is 0 Å². The van der Waals surface area contributed by atoms with E-state index >= 15 is 0 Å². The Hall–Kier alpha value is -1.48. The molecule has 1 unspecified atom stereocenters. The molecule has 0 amide bonds. The van der Waals surface area contributed by atoms with Crippen molar-refractivity contribution in [3.8, 4) is 5.75 Å². The second-order valence-electron chi connectivity index (χ2n) is 4.99. The Bertz CT molecular complexity index is 624. The summed E-state index contributed by atoms with van der Waals surface area (Å²) in [5.74, 6) is 0.424. The molecule has 0 saturated carbocycles. The summed E-state index contributed by atoms with van der Waals surface area (Å²) in [4.78, 5) is 0. The van der Waals surface area contributed by atoms with Gasteiger partial charge in [0, 0.05) is 10.2 Å². The van der Waals surface area contributed by atoms with Crippen LogP contribution < -0.4 is 5.32 Å². The fourth-order valence-electron chi connectivity index (χ4n) is 2.74. The summed E-state index contributed by atoms with van der Waals surface area (Å²) in [7, 11) is 0. The largest absolute Gasteiger partial charge is 0.508 e. The zero-order valence-electron chi connectivity index (χ0n) is 10.8. The minimum absolute atomic E-state index is 0.287. The lowest BCUT2D eigenvalue weighted by molar-refractivity contribution is 0.469. The predicted octanol–water partition coefficient (Wildman–Crippen LogP) is 4.56. The zero-order chi connectivity index (χ0) is 13.4. The van der Waals surface area contributed by atoms with Crippen LogP contribution in [0.5, 0.6) is 5.75 Å². The minimum atomic E-state index is 0.287.